The van der Waals surface area contributed by atoms with Gasteiger partial charge >= 0.3 is 5.97 Å². The van der Waals surface area contributed by atoms with E-state index in [0.29, 0.717) is 12.3 Å². The third kappa shape index (κ3) is 3.00. The minimum absolute atomic E-state index is 0.0733. The van der Waals surface area contributed by atoms with Crippen LogP contribution in [0.2, 0.25) is 0 Å². The number of aliphatic hydroxyl groups is 1. The first kappa shape index (κ1) is 12.6. The van der Waals surface area contributed by atoms with Crippen molar-refractivity contribution in [3.63, 3.8) is 0 Å². The summed E-state index contributed by atoms with van der Waals surface area (Å²) in [6.45, 7) is 4.01. The van der Waals surface area contributed by atoms with Gasteiger partial charge < -0.3 is 19.9 Å². The predicted molar refractivity (Wildman–Crippen MR) is 59.7 cm³/mol. The van der Waals surface area contributed by atoms with E-state index in [9.17, 15) is 4.79 Å². The topological polar surface area (TPSA) is 82.7 Å². The van der Waals surface area contributed by atoms with Crippen molar-refractivity contribution < 1.29 is 19.4 Å². The maximum atomic E-state index is 10.6. The molecule has 1 atom stereocenters. The Morgan fingerprint density at radius 2 is 2.25 bits per heavy atom. The fourth-order valence-electron chi connectivity index (χ4n) is 1.39. The van der Waals surface area contributed by atoms with Crippen LogP contribution >= 0.6 is 0 Å². The normalized spacial score (nSPS) is 14.4. The first-order chi connectivity index (χ1) is 7.50. The number of carboxylic acid groups (broad SMARTS) is 1. The Morgan fingerprint density at radius 3 is 2.69 bits per heavy atom. The molecule has 1 heterocycles. The highest BCUT2D eigenvalue weighted by molar-refractivity contribution is 5.84. The van der Waals surface area contributed by atoms with Crippen molar-refractivity contribution in [2.24, 2.45) is 0 Å². The zero-order valence-electron chi connectivity index (χ0n) is 9.49. The van der Waals surface area contributed by atoms with Gasteiger partial charge in [0.05, 0.1) is 0 Å². The quantitative estimate of drug-likeness (QED) is 0.691. The van der Waals surface area contributed by atoms with Gasteiger partial charge in [0.2, 0.25) is 5.76 Å². The smallest absolute Gasteiger partial charge is 0.371 e. The molecular formula is C11H17NO4. The monoisotopic (exact) mass is 227 g/mol. The van der Waals surface area contributed by atoms with Crippen molar-refractivity contribution in [1.82, 2.24) is 0 Å². The molecule has 1 aromatic rings. The summed E-state index contributed by atoms with van der Waals surface area (Å²) < 4.78 is 5.10. The first-order valence-electron chi connectivity index (χ1n) is 5.23. The van der Waals surface area contributed by atoms with Crippen molar-refractivity contribution in [1.29, 1.82) is 0 Å². The molecule has 5 heteroatoms. The van der Waals surface area contributed by atoms with Crippen LogP contribution in [0, 0.1) is 0 Å². The first-order valence-corrected chi connectivity index (χ1v) is 5.23. The molecule has 0 aliphatic rings. The van der Waals surface area contributed by atoms with Gasteiger partial charge in [0.1, 0.15) is 0 Å². The van der Waals surface area contributed by atoms with Crippen molar-refractivity contribution in [3.8, 4) is 0 Å². The maximum absolute atomic E-state index is 10.6. The summed E-state index contributed by atoms with van der Waals surface area (Å²) in [5, 5.41) is 20.7. The van der Waals surface area contributed by atoms with Crippen LogP contribution in [0.3, 0.4) is 0 Å². The van der Waals surface area contributed by atoms with E-state index >= 15 is 0 Å². The lowest BCUT2D eigenvalue weighted by molar-refractivity contribution is 0.0663. The second-order valence-corrected chi connectivity index (χ2v) is 3.98. The summed E-state index contributed by atoms with van der Waals surface area (Å²) in [6, 6.07) is 2.98. The summed E-state index contributed by atoms with van der Waals surface area (Å²) in [6.07, 6.45) is 1.38. The molecule has 5 nitrogen and oxygen atoms in total. The van der Waals surface area contributed by atoms with Gasteiger partial charge in [-0.15, -0.1) is 0 Å². The number of hydrogen-bond acceptors (Lipinski definition) is 4. The summed E-state index contributed by atoms with van der Waals surface area (Å²) in [5.74, 6) is -0.770. The summed E-state index contributed by atoms with van der Waals surface area (Å²) in [4.78, 5) is 10.6. The van der Waals surface area contributed by atoms with E-state index in [1.165, 1.54) is 6.07 Å². The standard InChI is InChI=1S/C11H17NO4/c1-3-11(2,6-7-13)12-9-5-4-8(16-9)10(14)15/h4-5,12-13H,3,6-7H2,1-2H3,(H,14,15). The molecule has 0 aromatic carbocycles. The fraction of sp³-hybridized carbons (Fsp3) is 0.545. The molecule has 0 aliphatic heterocycles. The molecule has 1 unspecified atom stereocenters. The van der Waals surface area contributed by atoms with E-state index < -0.39 is 5.97 Å². The van der Waals surface area contributed by atoms with E-state index in [1.807, 2.05) is 13.8 Å². The SMILES string of the molecule is CCC(C)(CCO)Nc1ccc(C(=O)O)o1. The van der Waals surface area contributed by atoms with Crippen LogP contribution in [-0.2, 0) is 0 Å². The average molecular weight is 227 g/mol. The van der Waals surface area contributed by atoms with Crippen molar-refractivity contribution in [3.05, 3.63) is 17.9 Å². The van der Waals surface area contributed by atoms with Gasteiger partial charge in [0.25, 0.3) is 0 Å². The number of rotatable bonds is 6. The van der Waals surface area contributed by atoms with Gasteiger partial charge in [-0.3, -0.25) is 0 Å². The largest absolute Gasteiger partial charge is 0.475 e. The number of anilines is 1. The number of nitrogens with one attached hydrogen (secondary N) is 1. The average Bonchev–Trinajstić information content (AvgIpc) is 2.66. The van der Waals surface area contributed by atoms with Gasteiger partial charge in [0, 0.05) is 18.2 Å². The number of carbonyl (C=O) groups is 1. The highest BCUT2D eigenvalue weighted by atomic mass is 16.4. The third-order valence-corrected chi connectivity index (χ3v) is 2.69. The van der Waals surface area contributed by atoms with Gasteiger partial charge in [-0.05, 0) is 25.8 Å². The Morgan fingerprint density at radius 1 is 1.56 bits per heavy atom. The molecular weight excluding hydrogens is 210 g/mol. The lowest BCUT2D eigenvalue weighted by Gasteiger charge is -2.28. The van der Waals surface area contributed by atoms with E-state index in [1.54, 1.807) is 6.07 Å². The second kappa shape index (κ2) is 5.03. The lowest BCUT2D eigenvalue weighted by Crippen LogP contribution is -2.34. The van der Waals surface area contributed by atoms with Crippen LogP contribution in [-0.4, -0.2) is 28.3 Å². The molecule has 0 bridgehead atoms. The number of carboxylic acids is 1. The van der Waals surface area contributed by atoms with Gasteiger partial charge in [-0.1, -0.05) is 6.92 Å². The lowest BCUT2D eigenvalue weighted by atomic mass is 9.95. The van der Waals surface area contributed by atoms with Crippen molar-refractivity contribution in [2.45, 2.75) is 32.2 Å². The molecule has 0 spiro atoms. The highest BCUT2D eigenvalue weighted by Gasteiger charge is 2.22. The predicted octanol–water partition coefficient (Wildman–Crippen LogP) is 1.94. The summed E-state index contributed by atoms with van der Waals surface area (Å²) >= 11 is 0. The zero-order valence-corrected chi connectivity index (χ0v) is 9.49. The zero-order chi connectivity index (χ0) is 12.2. The van der Waals surface area contributed by atoms with Crippen LogP contribution in [0.4, 0.5) is 5.88 Å². The number of hydrogen-bond donors (Lipinski definition) is 3. The second-order valence-electron chi connectivity index (χ2n) is 3.98. The summed E-state index contributed by atoms with van der Waals surface area (Å²) in [7, 11) is 0. The van der Waals surface area contributed by atoms with Gasteiger partial charge in [-0.25, -0.2) is 4.79 Å². The summed E-state index contributed by atoms with van der Waals surface area (Å²) in [5.41, 5.74) is -0.289. The maximum Gasteiger partial charge on any atom is 0.371 e. The minimum atomic E-state index is -1.09. The van der Waals surface area contributed by atoms with E-state index in [0.717, 1.165) is 6.42 Å². The molecule has 0 fully saturated rings. The Bertz CT molecular complexity index is 361. The van der Waals surface area contributed by atoms with Crippen molar-refractivity contribution >= 4 is 11.9 Å². The van der Waals surface area contributed by atoms with Gasteiger partial charge in [0.15, 0.2) is 5.88 Å². The molecule has 90 valence electrons. The highest BCUT2D eigenvalue weighted by Crippen LogP contribution is 2.23. The Labute approximate surface area is 94.1 Å². The molecule has 0 aliphatic carbocycles. The molecule has 0 radical (unpaired) electrons. The Balaban J connectivity index is 2.74. The molecule has 0 saturated carbocycles. The molecule has 0 amide bonds. The number of aliphatic hydroxyl groups excluding tert-OH is 1. The molecule has 0 saturated heterocycles. The fourth-order valence-corrected chi connectivity index (χ4v) is 1.39. The van der Waals surface area contributed by atoms with Crippen LogP contribution in [0.5, 0.6) is 0 Å². The number of furan rings is 1. The van der Waals surface area contributed by atoms with Crippen LogP contribution < -0.4 is 5.32 Å². The molecule has 16 heavy (non-hydrogen) atoms. The Kier molecular flexibility index (Phi) is 3.95. The number of aromatic carboxylic acids is 1. The third-order valence-electron chi connectivity index (χ3n) is 2.69. The van der Waals surface area contributed by atoms with Crippen LogP contribution in [0.1, 0.15) is 37.2 Å². The van der Waals surface area contributed by atoms with E-state index in [4.69, 9.17) is 14.6 Å². The van der Waals surface area contributed by atoms with Crippen LogP contribution in [0.15, 0.2) is 16.5 Å². The van der Waals surface area contributed by atoms with Gasteiger partial charge in [-0.2, -0.15) is 0 Å². The van der Waals surface area contributed by atoms with E-state index in [2.05, 4.69) is 5.32 Å². The molecule has 3 N–H and O–H groups in total. The molecule has 1 aromatic heterocycles. The van der Waals surface area contributed by atoms with Crippen molar-refractivity contribution in [2.75, 3.05) is 11.9 Å². The minimum Gasteiger partial charge on any atom is -0.475 e. The van der Waals surface area contributed by atoms with Crippen LogP contribution in [0.25, 0.3) is 0 Å². The Hall–Kier alpha value is -1.49. The molecule has 1 rings (SSSR count). The van der Waals surface area contributed by atoms with E-state index in [-0.39, 0.29) is 17.9 Å².